The second-order valence-corrected chi connectivity index (χ2v) is 7.36. The molecule has 1 heteroatoms. The Kier molecular flexibility index (Phi) is 3.47. The van der Waals surface area contributed by atoms with Crippen molar-refractivity contribution in [3.63, 3.8) is 0 Å². The van der Waals surface area contributed by atoms with Crippen molar-refractivity contribution in [2.24, 2.45) is 17.3 Å². The Hall–Kier alpha value is -0.0400. The Morgan fingerprint density at radius 2 is 1.71 bits per heavy atom. The second-order valence-electron chi connectivity index (χ2n) is 7.36. The fourth-order valence-electron chi connectivity index (χ4n) is 4.20. The lowest BCUT2D eigenvalue weighted by atomic mass is 9.81. The number of hydrogen-bond donors (Lipinski definition) is 1. The van der Waals surface area contributed by atoms with Crippen LogP contribution < -0.4 is 5.32 Å². The van der Waals surface area contributed by atoms with Crippen LogP contribution in [0.5, 0.6) is 0 Å². The van der Waals surface area contributed by atoms with E-state index in [-0.39, 0.29) is 0 Å². The minimum absolute atomic E-state index is 0.631. The molecule has 0 amide bonds. The van der Waals surface area contributed by atoms with Crippen molar-refractivity contribution >= 4 is 0 Å². The standard InChI is InChI=1S/C16H29N/c1-16(9-2-3-10-16)12-17-15-6-4-5-14(11-15)13-7-8-13/h13-15,17H,2-12H2,1H3. The van der Waals surface area contributed by atoms with Gasteiger partial charge in [0.1, 0.15) is 0 Å². The topological polar surface area (TPSA) is 12.0 Å². The zero-order valence-electron chi connectivity index (χ0n) is 11.5. The predicted molar refractivity (Wildman–Crippen MR) is 73.0 cm³/mol. The van der Waals surface area contributed by atoms with Gasteiger partial charge in [0.25, 0.3) is 0 Å². The van der Waals surface area contributed by atoms with Crippen LogP contribution in [0.25, 0.3) is 0 Å². The summed E-state index contributed by atoms with van der Waals surface area (Å²) in [5, 5.41) is 3.92. The molecule has 0 spiro atoms. The second kappa shape index (κ2) is 4.91. The SMILES string of the molecule is CC1(CNC2CCCC(C3CC3)C2)CCCC1. The maximum absolute atomic E-state index is 3.92. The lowest BCUT2D eigenvalue weighted by Gasteiger charge is -2.33. The van der Waals surface area contributed by atoms with Crippen LogP contribution in [0.3, 0.4) is 0 Å². The highest BCUT2D eigenvalue weighted by atomic mass is 14.9. The predicted octanol–water partition coefficient (Wildman–Crippen LogP) is 4.13. The average Bonchev–Trinajstić information content (AvgIpc) is 3.11. The first kappa shape index (κ1) is 12.0. The zero-order valence-corrected chi connectivity index (χ0v) is 11.5. The first-order valence-corrected chi connectivity index (χ1v) is 7.99. The van der Waals surface area contributed by atoms with Gasteiger partial charge in [0.2, 0.25) is 0 Å². The summed E-state index contributed by atoms with van der Waals surface area (Å²) in [4.78, 5) is 0. The summed E-state index contributed by atoms with van der Waals surface area (Å²) in [6.07, 6.45) is 14.9. The molecule has 0 heterocycles. The fourth-order valence-corrected chi connectivity index (χ4v) is 4.20. The van der Waals surface area contributed by atoms with E-state index in [0.717, 1.165) is 17.9 Å². The summed E-state index contributed by atoms with van der Waals surface area (Å²) in [5.41, 5.74) is 0.631. The van der Waals surface area contributed by atoms with Crippen LogP contribution in [0.2, 0.25) is 0 Å². The monoisotopic (exact) mass is 235 g/mol. The summed E-state index contributed by atoms with van der Waals surface area (Å²) < 4.78 is 0. The molecule has 0 saturated heterocycles. The Morgan fingerprint density at radius 3 is 2.41 bits per heavy atom. The summed E-state index contributed by atoms with van der Waals surface area (Å²) in [7, 11) is 0. The highest BCUT2D eigenvalue weighted by molar-refractivity contribution is 4.89. The lowest BCUT2D eigenvalue weighted by Crippen LogP contribution is -2.40. The van der Waals surface area contributed by atoms with Gasteiger partial charge in [-0.2, -0.15) is 0 Å². The highest BCUT2D eigenvalue weighted by Crippen LogP contribution is 2.44. The van der Waals surface area contributed by atoms with Crippen LogP contribution in [0.15, 0.2) is 0 Å². The van der Waals surface area contributed by atoms with Gasteiger partial charge in [-0.15, -0.1) is 0 Å². The van der Waals surface area contributed by atoms with Gasteiger partial charge in [-0.25, -0.2) is 0 Å². The lowest BCUT2D eigenvalue weighted by molar-refractivity contribution is 0.227. The summed E-state index contributed by atoms with van der Waals surface area (Å²) in [5.74, 6) is 2.21. The average molecular weight is 235 g/mol. The van der Waals surface area contributed by atoms with E-state index in [1.807, 2.05) is 0 Å². The van der Waals surface area contributed by atoms with Crippen LogP contribution >= 0.6 is 0 Å². The number of rotatable bonds is 4. The molecular formula is C16H29N. The first-order valence-electron chi connectivity index (χ1n) is 7.99. The summed E-state index contributed by atoms with van der Waals surface area (Å²) in [6.45, 7) is 3.78. The molecule has 1 nitrogen and oxygen atoms in total. The van der Waals surface area contributed by atoms with Gasteiger partial charge in [-0.3, -0.25) is 0 Å². The van der Waals surface area contributed by atoms with E-state index in [1.165, 1.54) is 70.8 Å². The van der Waals surface area contributed by atoms with Crippen molar-refractivity contribution in [1.29, 1.82) is 0 Å². The van der Waals surface area contributed by atoms with Crippen LogP contribution in [0.4, 0.5) is 0 Å². The van der Waals surface area contributed by atoms with E-state index in [0.29, 0.717) is 5.41 Å². The van der Waals surface area contributed by atoms with E-state index >= 15 is 0 Å². The molecule has 1 N–H and O–H groups in total. The van der Waals surface area contributed by atoms with Gasteiger partial charge in [0.15, 0.2) is 0 Å². The van der Waals surface area contributed by atoms with Crippen LogP contribution in [-0.2, 0) is 0 Å². The van der Waals surface area contributed by atoms with Crippen molar-refractivity contribution in [1.82, 2.24) is 5.32 Å². The van der Waals surface area contributed by atoms with Crippen molar-refractivity contribution in [2.75, 3.05) is 6.54 Å². The molecule has 3 aliphatic carbocycles. The van der Waals surface area contributed by atoms with Gasteiger partial charge in [-0.05, 0) is 55.8 Å². The van der Waals surface area contributed by atoms with E-state index in [9.17, 15) is 0 Å². The molecule has 98 valence electrons. The molecule has 3 saturated carbocycles. The smallest absolute Gasteiger partial charge is 0.00700 e. The minimum Gasteiger partial charge on any atom is -0.313 e. The molecule has 2 atom stereocenters. The fraction of sp³-hybridized carbons (Fsp3) is 1.00. The van der Waals surface area contributed by atoms with Crippen molar-refractivity contribution < 1.29 is 0 Å². The Balaban J connectivity index is 1.44. The van der Waals surface area contributed by atoms with Crippen LogP contribution in [0, 0.1) is 17.3 Å². The van der Waals surface area contributed by atoms with Crippen LogP contribution in [0.1, 0.15) is 71.1 Å². The quantitative estimate of drug-likeness (QED) is 0.772. The normalized spacial score (nSPS) is 37.2. The Bertz CT molecular complexity index is 250. The molecule has 17 heavy (non-hydrogen) atoms. The molecule has 0 radical (unpaired) electrons. The van der Waals surface area contributed by atoms with Gasteiger partial charge in [0.05, 0.1) is 0 Å². The zero-order chi connectivity index (χ0) is 11.7. The summed E-state index contributed by atoms with van der Waals surface area (Å²) in [6, 6.07) is 0.853. The third-order valence-electron chi connectivity index (χ3n) is 5.63. The number of hydrogen-bond acceptors (Lipinski definition) is 1. The highest BCUT2D eigenvalue weighted by Gasteiger charge is 2.35. The van der Waals surface area contributed by atoms with E-state index in [4.69, 9.17) is 0 Å². The van der Waals surface area contributed by atoms with Crippen molar-refractivity contribution in [2.45, 2.75) is 77.2 Å². The third-order valence-corrected chi connectivity index (χ3v) is 5.63. The van der Waals surface area contributed by atoms with E-state index in [1.54, 1.807) is 0 Å². The van der Waals surface area contributed by atoms with E-state index < -0.39 is 0 Å². The van der Waals surface area contributed by atoms with Gasteiger partial charge >= 0.3 is 0 Å². The van der Waals surface area contributed by atoms with Gasteiger partial charge in [-0.1, -0.05) is 32.6 Å². The molecular weight excluding hydrogens is 206 g/mol. The molecule has 0 aromatic heterocycles. The largest absolute Gasteiger partial charge is 0.313 e. The molecule has 2 unspecified atom stereocenters. The molecule has 3 rings (SSSR count). The van der Waals surface area contributed by atoms with Crippen LogP contribution in [-0.4, -0.2) is 12.6 Å². The third kappa shape index (κ3) is 3.05. The summed E-state index contributed by atoms with van der Waals surface area (Å²) >= 11 is 0. The Labute approximate surface area is 107 Å². The molecule has 3 fully saturated rings. The minimum atomic E-state index is 0.631. The Morgan fingerprint density at radius 1 is 0.941 bits per heavy atom. The van der Waals surface area contributed by atoms with Crippen molar-refractivity contribution in [3.8, 4) is 0 Å². The molecule has 0 aliphatic heterocycles. The molecule has 0 aromatic carbocycles. The number of nitrogens with one attached hydrogen (secondary N) is 1. The molecule has 3 aliphatic rings. The maximum Gasteiger partial charge on any atom is 0.00700 e. The van der Waals surface area contributed by atoms with Gasteiger partial charge in [0, 0.05) is 12.6 Å². The molecule has 0 bridgehead atoms. The van der Waals surface area contributed by atoms with Crippen molar-refractivity contribution in [3.05, 3.63) is 0 Å². The van der Waals surface area contributed by atoms with Gasteiger partial charge < -0.3 is 5.32 Å². The maximum atomic E-state index is 3.92. The first-order chi connectivity index (χ1) is 8.25. The van der Waals surface area contributed by atoms with E-state index in [2.05, 4.69) is 12.2 Å². The molecule has 0 aromatic rings.